The smallest absolute Gasteiger partial charge is 0.314 e. The Morgan fingerprint density at radius 3 is 2.50 bits per heavy atom. The molecule has 0 saturated heterocycles. The van der Waals surface area contributed by atoms with Crippen molar-refractivity contribution in [2.45, 2.75) is 6.61 Å². The van der Waals surface area contributed by atoms with Gasteiger partial charge in [0.2, 0.25) is 0 Å². The van der Waals surface area contributed by atoms with Crippen LogP contribution in [0.3, 0.4) is 0 Å². The second kappa shape index (κ2) is 6.01. The van der Waals surface area contributed by atoms with Crippen LogP contribution in [0.2, 0.25) is 0 Å². The van der Waals surface area contributed by atoms with E-state index in [9.17, 15) is 14.5 Å². The highest BCUT2D eigenvalue weighted by atomic mass is 19.1. The van der Waals surface area contributed by atoms with Crippen LogP contribution in [0.15, 0.2) is 42.5 Å². The minimum atomic E-state index is -0.539. The molecule has 2 aromatic carbocycles. The van der Waals surface area contributed by atoms with Crippen molar-refractivity contribution in [2.75, 3.05) is 7.11 Å². The van der Waals surface area contributed by atoms with Crippen LogP contribution >= 0.6 is 0 Å². The molecule has 5 nitrogen and oxygen atoms in total. The Hall–Kier alpha value is -2.63. The zero-order chi connectivity index (χ0) is 14.5. The molecule has 0 N–H and O–H groups in total. The molecule has 0 fully saturated rings. The molecular formula is C14H12FNO4. The van der Waals surface area contributed by atoms with Crippen molar-refractivity contribution >= 4 is 5.69 Å². The highest BCUT2D eigenvalue weighted by Gasteiger charge is 2.16. The summed E-state index contributed by atoms with van der Waals surface area (Å²) in [7, 11) is 1.43. The maximum absolute atomic E-state index is 12.8. The first kappa shape index (κ1) is 13.8. The van der Waals surface area contributed by atoms with Crippen LogP contribution in [0, 0.1) is 15.9 Å². The Morgan fingerprint density at radius 2 is 1.90 bits per heavy atom. The topological polar surface area (TPSA) is 61.6 Å². The Kier molecular flexibility index (Phi) is 4.14. The first-order valence-electron chi connectivity index (χ1n) is 5.80. The molecule has 20 heavy (non-hydrogen) atoms. The van der Waals surface area contributed by atoms with Gasteiger partial charge in [-0.25, -0.2) is 4.39 Å². The fourth-order valence-corrected chi connectivity index (χ4v) is 1.63. The Balaban J connectivity index is 2.16. The van der Waals surface area contributed by atoms with Gasteiger partial charge in [-0.2, -0.15) is 0 Å². The van der Waals surface area contributed by atoms with E-state index >= 15 is 0 Å². The quantitative estimate of drug-likeness (QED) is 0.621. The van der Waals surface area contributed by atoms with E-state index in [4.69, 9.17) is 9.47 Å². The summed E-state index contributed by atoms with van der Waals surface area (Å²) in [5, 5.41) is 11.0. The monoisotopic (exact) mass is 277 g/mol. The lowest BCUT2D eigenvalue weighted by Gasteiger charge is -2.08. The number of rotatable bonds is 5. The molecule has 0 heterocycles. The lowest BCUT2D eigenvalue weighted by atomic mass is 10.2. The molecule has 0 aliphatic carbocycles. The number of benzene rings is 2. The number of ether oxygens (including phenoxy) is 2. The maximum atomic E-state index is 12.8. The molecule has 104 valence electrons. The van der Waals surface area contributed by atoms with Gasteiger partial charge in [0.1, 0.15) is 18.2 Å². The number of methoxy groups -OCH3 is 1. The van der Waals surface area contributed by atoms with E-state index in [1.807, 2.05) is 0 Å². The second-order valence-corrected chi connectivity index (χ2v) is 4.01. The summed E-state index contributed by atoms with van der Waals surface area (Å²) in [6.07, 6.45) is 0. The molecule has 2 rings (SSSR count). The van der Waals surface area contributed by atoms with E-state index < -0.39 is 4.92 Å². The number of hydrogen-bond acceptors (Lipinski definition) is 4. The summed E-state index contributed by atoms with van der Waals surface area (Å²) in [5.41, 5.74) is 0.544. The number of halogens is 1. The highest BCUT2D eigenvalue weighted by Crippen LogP contribution is 2.31. The van der Waals surface area contributed by atoms with Crippen molar-refractivity contribution in [3.8, 4) is 11.5 Å². The van der Waals surface area contributed by atoms with Gasteiger partial charge in [0.15, 0.2) is 5.75 Å². The van der Waals surface area contributed by atoms with Crippen molar-refractivity contribution < 1.29 is 18.8 Å². The first-order valence-corrected chi connectivity index (χ1v) is 5.80. The largest absolute Gasteiger partial charge is 0.496 e. The van der Waals surface area contributed by atoms with Gasteiger partial charge in [0.05, 0.1) is 18.1 Å². The Morgan fingerprint density at radius 1 is 1.20 bits per heavy atom. The van der Waals surface area contributed by atoms with Gasteiger partial charge in [0, 0.05) is 0 Å². The summed E-state index contributed by atoms with van der Waals surface area (Å²) in [6, 6.07) is 10.1. The number of hydrogen-bond donors (Lipinski definition) is 0. The molecule has 0 aromatic heterocycles. The fourth-order valence-electron chi connectivity index (χ4n) is 1.63. The molecule has 0 spiro atoms. The van der Waals surface area contributed by atoms with E-state index in [2.05, 4.69) is 0 Å². The van der Waals surface area contributed by atoms with Crippen LogP contribution in [-0.2, 0) is 6.61 Å². The van der Waals surface area contributed by atoms with E-state index in [0.717, 1.165) is 5.56 Å². The van der Waals surface area contributed by atoms with Gasteiger partial charge >= 0.3 is 5.69 Å². The van der Waals surface area contributed by atoms with Crippen LogP contribution < -0.4 is 9.47 Å². The average Bonchev–Trinajstić information content (AvgIpc) is 2.46. The maximum Gasteiger partial charge on any atom is 0.314 e. The van der Waals surface area contributed by atoms with Crippen molar-refractivity contribution in [3.05, 3.63) is 64.0 Å². The van der Waals surface area contributed by atoms with E-state index in [0.29, 0.717) is 5.75 Å². The molecule has 0 saturated carbocycles. The normalized spacial score (nSPS) is 10.1. The zero-order valence-electron chi connectivity index (χ0n) is 10.7. The number of nitro benzene ring substituents is 1. The number of nitrogens with zero attached hydrogens (tertiary/aromatic N) is 1. The summed E-state index contributed by atoms with van der Waals surface area (Å²) in [5.74, 6) is 0.176. The molecular weight excluding hydrogens is 265 g/mol. The van der Waals surface area contributed by atoms with Crippen molar-refractivity contribution in [2.24, 2.45) is 0 Å². The van der Waals surface area contributed by atoms with Gasteiger partial charge in [-0.3, -0.25) is 10.1 Å². The summed E-state index contributed by atoms with van der Waals surface area (Å²) in [6.45, 7) is 0.119. The summed E-state index contributed by atoms with van der Waals surface area (Å²) in [4.78, 5) is 10.4. The third kappa shape index (κ3) is 3.23. The highest BCUT2D eigenvalue weighted by molar-refractivity contribution is 5.50. The fraction of sp³-hybridized carbons (Fsp3) is 0.143. The van der Waals surface area contributed by atoms with E-state index in [1.54, 1.807) is 18.2 Å². The summed E-state index contributed by atoms with van der Waals surface area (Å²) < 4.78 is 23.1. The number of nitro groups is 1. The molecule has 2 aromatic rings. The summed E-state index contributed by atoms with van der Waals surface area (Å²) >= 11 is 0. The third-order valence-corrected chi connectivity index (χ3v) is 2.67. The lowest BCUT2D eigenvalue weighted by Crippen LogP contribution is -1.99. The van der Waals surface area contributed by atoms with Crippen molar-refractivity contribution in [3.63, 3.8) is 0 Å². The van der Waals surface area contributed by atoms with Crippen LogP contribution in [0.1, 0.15) is 5.56 Å². The average molecular weight is 277 g/mol. The van der Waals surface area contributed by atoms with Crippen LogP contribution in [0.25, 0.3) is 0 Å². The van der Waals surface area contributed by atoms with Crippen LogP contribution in [0.4, 0.5) is 10.1 Å². The van der Waals surface area contributed by atoms with Gasteiger partial charge in [-0.1, -0.05) is 12.1 Å². The Labute approximate surface area is 114 Å². The molecule has 0 bridgehead atoms. The van der Waals surface area contributed by atoms with E-state index in [-0.39, 0.29) is 23.9 Å². The van der Waals surface area contributed by atoms with Gasteiger partial charge in [0.25, 0.3) is 0 Å². The molecule has 0 atom stereocenters. The lowest BCUT2D eigenvalue weighted by molar-refractivity contribution is -0.386. The minimum absolute atomic E-state index is 0.119. The molecule has 0 aliphatic rings. The van der Waals surface area contributed by atoms with Gasteiger partial charge < -0.3 is 9.47 Å². The SMILES string of the molecule is COc1ccc(OCc2ccc(F)cc2)c([N+](=O)[O-])c1. The zero-order valence-corrected chi connectivity index (χ0v) is 10.7. The predicted molar refractivity (Wildman–Crippen MR) is 70.4 cm³/mol. The molecule has 0 amide bonds. The van der Waals surface area contributed by atoms with Crippen LogP contribution in [-0.4, -0.2) is 12.0 Å². The van der Waals surface area contributed by atoms with Crippen LogP contribution in [0.5, 0.6) is 11.5 Å². The van der Waals surface area contributed by atoms with Crippen molar-refractivity contribution in [1.82, 2.24) is 0 Å². The minimum Gasteiger partial charge on any atom is -0.496 e. The molecule has 0 radical (unpaired) electrons. The van der Waals surface area contributed by atoms with Gasteiger partial charge in [-0.15, -0.1) is 0 Å². The Bertz CT molecular complexity index is 613. The van der Waals surface area contributed by atoms with Gasteiger partial charge in [-0.05, 0) is 29.8 Å². The van der Waals surface area contributed by atoms with E-state index in [1.165, 1.54) is 31.4 Å². The molecule has 0 aliphatic heterocycles. The standard InChI is InChI=1S/C14H12FNO4/c1-19-12-6-7-14(13(8-12)16(17)18)20-9-10-2-4-11(15)5-3-10/h2-8H,9H2,1H3. The first-order chi connectivity index (χ1) is 9.60. The third-order valence-electron chi connectivity index (χ3n) is 2.67. The predicted octanol–water partition coefficient (Wildman–Crippen LogP) is 3.32. The second-order valence-electron chi connectivity index (χ2n) is 4.01. The van der Waals surface area contributed by atoms with Crippen molar-refractivity contribution in [1.29, 1.82) is 0 Å². The molecule has 6 heteroatoms. The molecule has 0 unspecified atom stereocenters.